The Hall–Kier alpha value is -2.87. The molecule has 0 heterocycles. The van der Waals surface area contributed by atoms with Crippen LogP contribution in [0.25, 0.3) is 0 Å². The molecule has 3 unspecified atom stereocenters. The summed E-state index contributed by atoms with van der Waals surface area (Å²) in [6.07, 6.45) is -1.28. The second-order valence-corrected chi connectivity index (χ2v) is 5.66. The molecule has 0 aromatic heterocycles. The Labute approximate surface area is 158 Å². The Morgan fingerprint density at radius 2 is 1.52 bits per heavy atom. The van der Waals surface area contributed by atoms with Crippen LogP contribution in [0.3, 0.4) is 0 Å². The van der Waals surface area contributed by atoms with E-state index in [1.165, 1.54) is 0 Å². The molecule has 0 aliphatic rings. The van der Waals surface area contributed by atoms with Crippen molar-refractivity contribution in [2.75, 3.05) is 12.3 Å². The van der Waals surface area contributed by atoms with Crippen molar-refractivity contribution in [3.63, 3.8) is 0 Å². The molecule has 0 spiro atoms. The van der Waals surface area contributed by atoms with Gasteiger partial charge in [-0.3, -0.25) is 24.0 Å². The van der Waals surface area contributed by atoms with Crippen LogP contribution in [0, 0.1) is 0 Å². The predicted molar refractivity (Wildman–Crippen MR) is 92.4 cm³/mol. The Kier molecular flexibility index (Phi) is 10.4. The highest BCUT2D eigenvalue weighted by molar-refractivity contribution is 7.80. The van der Waals surface area contributed by atoms with Gasteiger partial charge in [-0.2, -0.15) is 12.6 Å². The van der Waals surface area contributed by atoms with Crippen molar-refractivity contribution in [2.45, 2.75) is 31.0 Å². The lowest BCUT2D eigenvalue weighted by atomic mass is 10.2. The van der Waals surface area contributed by atoms with Gasteiger partial charge >= 0.3 is 11.9 Å². The number of rotatable bonds is 12. The maximum absolute atomic E-state index is 12.0. The van der Waals surface area contributed by atoms with Crippen molar-refractivity contribution in [3.8, 4) is 0 Å². The van der Waals surface area contributed by atoms with Gasteiger partial charge in [0.05, 0.1) is 25.4 Å². The molecule has 3 atom stereocenters. The first-order valence-electron chi connectivity index (χ1n) is 7.44. The Bertz CT molecular complexity index is 614. The minimum absolute atomic E-state index is 0.215. The van der Waals surface area contributed by atoms with Crippen LogP contribution in [0.1, 0.15) is 12.8 Å². The molecule has 4 amide bonds. The molecule has 13 nitrogen and oxygen atoms in total. The molecule has 0 saturated heterocycles. The zero-order valence-corrected chi connectivity index (χ0v) is 14.9. The summed E-state index contributed by atoms with van der Waals surface area (Å²) in [4.78, 5) is 67.6. The highest BCUT2D eigenvalue weighted by atomic mass is 32.1. The fourth-order valence-electron chi connectivity index (χ4n) is 1.69. The summed E-state index contributed by atoms with van der Waals surface area (Å²) in [5.41, 5.74) is 10.2. The number of thiol groups is 1. The van der Waals surface area contributed by atoms with Crippen molar-refractivity contribution in [1.29, 1.82) is 0 Å². The molecular formula is C13H21N5O8S. The van der Waals surface area contributed by atoms with E-state index in [2.05, 4.69) is 23.3 Å². The summed E-state index contributed by atoms with van der Waals surface area (Å²) in [6.45, 7) is -0.604. The fourth-order valence-corrected chi connectivity index (χ4v) is 1.95. The molecule has 0 aliphatic heterocycles. The van der Waals surface area contributed by atoms with Crippen molar-refractivity contribution in [2.24, 2.45) is 11.5 Å². The van der Waals surface area contributed by atoms with E-state index >= 15 is 0 Å². The van der Waals surface area contributed by atoms with Crippen LogP contribution in [0.4, 0.5) is 0 Å². The van der Waals surface area contributed by atoms with E-state index in [0.29, 0.717) is 0 Å². The minimum atomic E-state index is -1.58. The second-order valence-electron chi connectivity index (χ2n) is 5.29. The van der Waals surface area contributed by atoms with Gasteiger partial charge in [0.1, 0.15) is 12.1 Å². The van der Waals surface area contributed by atoms with E-state index in [4.69, 9.17) is 21.7 Å². The molecule has 27 heavy (non-hydrogen) atoms. The van der Waals surface area contributed by atoms with Gasteiger partial charge in [0.2, 0.25) is 23.6 Å². The summed E-state index contributed by atoms with van der Waals surface area (Å²) < 4.78 is 0. The Morgan fingerprint density at radius 1 is 0.926 bits per heavy atom. The van der Waals surface area contributed by atoms with E-state index < -0.39 is 73.1 Å². The van der Waals surface area contributed by atoms with Gasteiger partial charge in [-0.15, -0.1) is 0 Å². The summed E-state index contributed by atoms with van der Waals surface area (Å²) in [7, 11) is 0. The highest BCUT2D eigenvalue weighted by Gasteiger charge is 2.27. The molecule has 0 radical (unpaired) electrons. The number of carbonyl (C=O) groups excluding carboxylic acids is 4. The number of nitrogens with one attached hydrogen (secondary N) is 3. The van der Waals surface area contributed by atoms with Crippen LogP contribution in [0.5, 0.6) is 0 Å². The molecule has 0 bridgehead atoms. The lowest BCUT2D eigenvalue weighted by Gasteiger charge is -2.20. The molecule has 0 rings (SSSR count). The van der Waals surface area contributed by atoms with E-state index in [-0.39, 0.29) is 5.75 Å². The van der Waals surface area contributed by atoms with E-state index in [1.54, 1.807) is 0 Å². The summed E-state index contributed by atoms with van der Waals surface area (Å²) in [5.74, 6) is -6.60. The average molecular weight is 407 g/mol. The molecule has 14 heteroatoms. The smallest absolute Gasteiger partial charge is 0.326 e. The van der Waals surface area contributed by atoms with Crippen molar-refractivity contribution in [3.05, 3.63) is 0 Å². The van der Waals surface area contributed by atoms with Crippen LogP contribution >= 0.6 is 12.6 Å². The van der Waals surface area contributed by atoms with E-state index in [0.717, 1.165) is 0 Å². The van der Waals surface area contributed by atoms with E-state index in [1.807, 2.05) is 5.32 Å². The summed E-state index contributed by atoms with van der Waals surface area (Å²) in [5, 5.41) is 23.8. The molecule has 0 fully saturated rings. The van der Waals surface area contributed by atoms with Crippen LogP contribution in [0.2, 0.25) is 0 Å². The monoisotopic (exact) mass is 407 g/mol. The highest BCUT2D eigenvalue weighted by Crippen LogP contribution is 1.96. The van der Waals surface area contributed by atoms with Crippen molar-refractivity contribution in [1.82, 2.24) is 16.0 Å². The zero-order valence-electron chi connectivity index (χ0n) is 14.0. The van der Waals surface area contributed by atoms with Crippen LogP contribution in [0.15, 0.2) is 0 Å². The first-order chi connectivity index (χ1) is 12.5. The lowest BCUT2D eigenvalue weighted by molar-refractivity contribution is -0.143. The van der Waals surface area contributed by atoms with Crippen LogP contribution in [-0.4, -0.2) is 76.2 Å². The van der Waals surface area contributed by atoms with Crippen molar-refractivity contribution >= 4 is 48.2 Å². The number of carboxylic acids is 2. The van der Waals surface area contributed by atoms with Gasteiger partial charge < -0.3 is 37.6 Å². The maximum Gasteiger partial charge on any atom is 0.326 e. The first-order valence-corrected chi connectivity index (χ1v) is 8.07. The lowest BCUT2D eigenvalue weighted by Crippen LogP contribution is -2.55. The third-order valence-corrected chi connectivity index (χ3v) is 3.37. The number of nitrogens with two attached hydrogens (primary N) is 2. The third kappa shape index (κ3) is 10.0. The van der Waals surface area contributed by atoms with Crippen LogP contribution < -0.4 is 27.4 Å². The first kappa shape index (κ1) is 24.1. The number of hydrogen-bond donors (Lipinski definition) is 8. The zero-order chi connectivity index (χ0) is 21.1. The molecule has 0 saturated carbocycles. The molecular weight excluding hydrogens is 386 g/mol. The third-order valence-electron chi connectivity index (χ3n) is 3.01. The normalized spacial score (nSPS) is 13.6. The number of carbonyl (C=O) groups is 6. The number of aliphatic carboxylic acids is 2. The van der Waals surface area contributed by atoms with Gasteiger partial charge in [0.25, 0.3) is 0 Å². The number of primary amides is 1. The fraction of sp³-hybridized carbons (Fsp3) is 0.538. The van der Waals surface area contributed by atoms with Gasteiger partial charge in [0, 0.05) is 5.75 Å². The SMILES string of the molecule is NC(=O)CC(NC(=O)C(CS)NC(=O)CNC(=O)C(N)CC(=O)O)C(=O)O. The number of hydrogen-bond acceptors (Lipinski definition) is 8. The topological polar surface area (TPSA) is 231 Å². The van der Waals surface area contributed by atoms with Gasteiger partial charge in [-0.25, -0.2) is 4.79 Å². The van der Waals surface area contributed by atoms with Gasteiger partial charge in [-0.1, -0.05) is 0 Å². The standard InChI is InChI=1S/C13H21N5O8S/c14-5(1-10(21)22)11(23)16-3-9(20)17-7(4-27)12(24)18-6(13(25)26)2-8(15)19/h5-7,27H,1-4,14H2,(H2,15,19)(H,16,23)(H,17,20)(H,18,24)(H,21,22)(H,25,26). The van der Waals surface area contributed by atoms with Crippen molar-refractivity contribution < 1.29 is 39.0 Å². The number of amides is 4. The molecule has 0 aromatic rings. The Balaban J connectivity index is 4.64. The van der Waals surface area contributed by atoms with Crippen LogP contribution in [-0.2, 0) is 28.8 Å². The largest absolute Gasteiger partial charge is 0.481 e. The molecule has 0 aliphatic carbocycles. The predicted octanol–water partition coefficient (Wildman–Crippen LogP) is -4.24. The average Bonchev–Trinajstić information content (AvgIpc) is 2.55. The maximum atomic E-state index is 12.0. The quantitative estimate of drug-likeness (QED) is 0.146. The molecule has 9 N–H and O–H groups in total. The minimum Gasteiger partial charge on any atom is -0.481 e. The van der Waals surface area contributed by atoms with Gasteiger partial charge in [0.15, 0.2) is 0 Å². The summed E-state index contributed by atoms with van der Waals surface area (Å²) >= 11 is 3.87. The molecule has 152 valence electrons. The second kappa shape index (κ2) is 11.7. The molecule has 0 aromatic carbocycles. The summed E-state index contributed by atoms with van der Waals surface area (Å²) in [6, 6.07) is -4.20. The van der Waals surface area contributed by atoms with E-state index in [9.17, 15) is 28.8 Å². The Morgan fingerprint density at radius 3 is 1.96 bits per heavy atom. The van der Waals surface area contributed by atoms with Gasteiger partial charge in [-0.05, 0) is 0 Å². The number of carboxylic acid groups (broad SMARTS) is 2.